The molecule has 0 fully saturated rings. The second-order valence-electron chi connectivity index (χ2n) is 5.24. The first kappa shape index (κ1) is 13.3. The average Bonchev–Trinajstić information content (AvgIpc) is 2.68. The first-order valence-corrected chi connectivity index (χ1v) is 6.98. The zero-order valence-corrected chi connectivity index (χ0v) is 12.4. The number of fused-ring (bicyclic) bond motifs is 1. The molecule has 1 amide bonds. The van der Waals surface area contributed by atoms with Crippen LogP contribution in [0.1, 0.15) is 32.2 Å². The van der Waals surface area contributed by atoms with Crippen LogP contribution >= 0.6 is 15.9 Å². The molecule has 6 nitrogen and oxygen atoms in total. The van der Waals surface area contributed by atoms with Crippen LogP contribution < -0.4 is 0 Å². The third-order valence-corrected chi connectivity index (χ3v) is 3.15. The van der Waals surface area contributed by atoms with Gasteiger partial charge in [-0.05, 0) is 20.8 Å². The molecule has 1 aliphatic rings. The minimum absolute atomic E-state index is 0.282. The van der Waals surface area contributed by atoms with Crippen LogP contribution in [0.25, 0.3) is 0 Å². The van der Waals surface area contributed by atoms with Gasteiger partial charge in [0.2, 0.25) is 0 Å². The smallest absolute Gasteiger partial charge is 0.410 e. The average molecular weight is 317 g/mol. The molecule has 2 rings (SSSR count). The zero-order valence-electron chi connectivity index (χ0n) is 10.8. The number of amides is 1. The Balaban J connectivity index is 2.09. The molecule has 0 radical (unpaired) electrons. The largest absolute Gasteiger partial charge is 0.444 e. The van der Waals surface area contributed by atoms with E-state index in [2.05, 4.69) is 26.2 Å². The van der Waals surface area contributed by atoms with Gasteiger partial charge in [0, 0.05) is 11.9 Å². The molecule has 100 valence electrons. The molecule has 0 N–H and O–H groups in total. The molecule has 0 unspecified atom stereocenters. The van der Waals surface area contributed by atoms with Crippen molar-refractivity contribution in [3.05, 3.63) is 11.4 Å². The maximum Gasteiger partial charge on any atom is 0.410 e. The predicted molar refractivity (Wildman–Crippen MR) is 69.3 cm³/mol. The second kappa shape index (κ2) is 4.87. The van der Waals surface area contributed by atoms with Gasteiger partial charge in [-0.2, -0.15) is 0 Å². The summed E-state index contributed by atoms with van der Waals surface area (Å²) >= 11 is 3.37. The summed E-state index contributed by atoms with van der Waals surface area (Å²) in [5.74, 6) is 0. The van der Waals surface area contributed by atoms with Gasteiger partial charge in [0.05, 0.1) is 24.5 Å². The van der Waals surface area contributed by atoms with Gasteiger partial charge in [-0.25, -0.2) is 9.48 Å². The standard InChI is InChI=1S/C11H17BrN4O2/c1-11(2,3)18-10(17)15-4-5-16-9(7-15)8(6-12)13-14-16/h4-7H2,1-3H3. The quantitative estimate of drug-likeness (QED) is 0.743. The maximum absolute atomic E-state index is 12.0. The van der Waals surface area contributed by atoms with E-state index in [0.29, 0.717) is 25.0 Å². The molecule has 0 aromatic carbocycles. The van der Waals surface area contributed by atoms with Crippen molar-refractivity contribution in [2.45, 2.75) is 44.8 Å². The summed E-state index contributed by atoms with van der Waals surface area (Å²) in [5.41, 5.74) is 1.39. The summed E-state index contributed by atoms with van der Waals surface area (Å²) in [7, 11) is 0. The fourth-order valence-electron chi connectivity index (χ4n) is 1.78. The molecule has 0 atom stereocenters. The normalized spacial score (nSPS) is 15.4. The fraction of sp³-hybridized carbons (Fsp3) is 0.727. The lowest BCUT2D eigenvalue weighted by molar-refractivity contribution is 0.0194. The molecule has 1 aromatic rings. The van der Waals surface area contributed by atoms with Gasteiger partial charge in [-0.1, -0.05) is 21.1 Å². The van der Waals surface area contributed by atoms with E-state index < -0.39 is 5.60 Å². The van der Waals surface area contributed by atoms with Gasteiger partial charge in [0.1, 0.15) is 5.60 Å². The van der Waals surface area contributed by atoms with Gasteiger partial charge < -0.3 is 9.64 Å². The van der Waals surface area contributed by atoms with Crippen LogP contribution in [0.3, 0.4) is 0 Å². The zero-order chi connectivity index (χ0) is 13.3. The van der Waals surface area contributed by atoms with Crippen molar-refractivity contribution in [1.29, 1.82) is 0 Å². The molecule has 0 bridgehead atoms. The van der Waals surface area contributed by atoms with Gasteiger partial charge in [-0.15, -0.1) is 5.10 Å². The van der Waals surface area contributed by atoms with E-state index in [9.17, 15) is 4.79 Å². The highest BCUT2D eigenvalue weighted by Gasteiger charge is 2.27. The molecule has 0 aliphatic carbocycles. The number of ether oxygens (including phenoxy) is 1. The van der Waals surface area contributed by atoms with E-state index >= 15 is 0 Å². The molecule has 1 aromatic heterocycles. The Morgan fingerprint density at radius 1 is 1.44 bits per heavy atom. The Labute approximate surface area is 114 Å². The number of carbonyl (C=O) groups is 1. The highest BCUT2D eigenvalue weighted by atomic mass is 79.9. The van der Waals surface area contributed by atoms with E-state index in [-0.39, 0.29) is 6.09 Å². The molecule has 2 heterocycles. The van der Waals surface area contributed by atoms with E-state index in [1.807, 2.05) is 25.5 Å². The van der Waals surface area contributed by atoms with Crippen molar-refractivity contribution in [3.8, 4) is 0 Å². The third-order valence-electron chi connectivity index (χ3n) is 2.62. The van der Waals surface area contributed by atoms with E-state index in [0.717, 1.165) is 11.4 Å². The number of nitrogens with zero attached hydrogens (tertiary/aromatic N) is 4. The lowest BCUT2D eigenvalue weighted by atomic mass is 10.2. The van der Waals surface area contributed by atoms with Crippen LogP contribution in [-0.4, -0.2) is 38.1 Å². The molecule has 7 heteroatoms. The first-order valence-electron chi connectivity index (χ1n) is 5.86. The summed E-state index contributed by atoms with van der Waals surface area (Å²) in [6.45, 7) is 7.37. The molecular formula is C11H17BrN4O2. The van der Waals surface area contributed by atoms with Crippen LogP contribution in [0.5, 0.6) is 0 Å². The van der Waals surface area contributed by atoms with Crippen LogP contribution in [0, 0.1) is 0 Å². The van der Waals surface area contributed by atoms with Crippen molar-refractivity contribution in [2.24, 2.45) is 0 Å². The fourth-order valence-corrected chi connectivity index (χ4v) is 2.22. The number of rotatable bonds is 1. The number of aromatic nitrogens is 3. The van der Waals surface area contributed by atoms with Gasteiger partial charge in [0.15, 0.2) is 0 Å². The Kier molecular flexibility index (Phi) is 3.61. The third kappa shape index (κ3) is 2.82. The molecule has 0 saturated carbocycles. The lowest BCUT2D eigenvalue weighted by Crippen LogP contribution is -2.41. The topological polar surface area (TPSA) is 60.2 Å². The van der Waals surface area contributed by atoms with Crippen LogP contribution in [0.4, 0.5) is 4.79 Å². The summed E-state index contributed by atoms with van der Waals surface area (Å²) < 4.78 is 7.21. The highest BCUT2D eigenvalue weighted by molar-refractivity contribution is 9.08. The molecule has 18 heavy (non-hydrogen) atoms. The number of hydrogen-bond acceptors (Lipinski definition) is 4. The van der Waals surface area contributed by atoms with Crippen molar-refractivity contribution >= 4 is 22.0 Å². The Morgan fingerprint density at radius 3 is 2.78 bits per heavy atom. The van der Waals surface area contributed by atoms with Crippen molar-refractivity contribution in [3.63, 3.8) is 0 Å². The Bertz CT molecular complexity index is 439. The summed E-state index contributed by atoms with van der Waals surface area (Å²) in [5, 5.41) is 8.77. The van der Waals surface area contributed by atoms with Crippen molar-refractivity contribution in [2.75, 3.05) is 6.54 Å². The predicted octanol–water partition coefficient (Wildman–Crippen LogP) is 1.92. The van der Waals surface area contributed by atoms with E-state index in [1.54, 1.807) is 4.90 Å². The summed E-state index contributed by atoms with van der Waals surface area (Å²) in [4.78, 5) is 13.7. The Morgan fingerprint density at radius 2 is 2.17 bits per heavy atom. The van der Waals surface area contributed by atoms with Crippen molar-refractivity contribution in [1.82, 2.24) is 19.9 Å². The SMILES string of the molecule is CC(C)(C)OC(=O)N1CCn2nnc(CBr)c2C1. The van der Waals surface area contributed by atoms with Crippen LogP contribution in [-0.2, 0) is 23.2 Å². The minimum atomic E-state index is -0.467. The van der Waals surface area contributed by atoms with Gasteiger partial charge in [0.25, 0.3) is 0 Å². The Hall–Kier alpha value is -1.11. The molecular weight excluding hydrogens is 300 g/mol. The van der Waals surface area contributed by atoms with E-state index in [1.165, 1.54) is 0 Å². The lowest BCUT2D eigenvalue weighted by Gasteiger charge is -2.30. The molecule has 0 saturated heterocycles. The second-order valence-corrected chi connectivity index (χ2v) is 5.80. The van der Waals surface area contributed by atoms with Crippen LogP contribution in [0.15, 0.2) is 0 Å². The van der Waals surface area contributed by atoms with Crippen LogP contribution in [0.2, 0.25) is 0 Å². The van der Waals surface area contributed by atoms with Gasteiger partial charge in [-0.3, -0.25) is 0 Å². The highest BCUT2D eigenvalue weighted by Crippen LogP contribution is 2.19. The first-order chi connectivity index (χ1) is 8.40. The summed E-state index contributed by atoms with van der Waals surface area (Å²) in [6, 6.07) is 0. The molecule has 0 spiro atoms. The monoisotopic (exact) mass is 316 g/mol. The number of carbonyl (C=O) groups excluding carboxylic acids is 1. The number of alkyl halides is 1. The maximum atomic E-state index is 12.0. The van der Waals surface area contributed by atoms with Gasteiger partial charge >= 0.3 is 6.09 Å². The number of halogens is 1. The van der Waals surface area contributed by atoms with E-state index in [4.69, 9.17) is 4.74 Å². The minimum Gasteiger partial charge on any atom is -0.444 e. The molecule has 1 aliphatic heterocycles. The summed E-state index contributed by atoms with van der Waals surface area (Å²) in [6.07, 6.45) is -0.282. The van der Waals surface area contributed by atoms with Crippen molar-refractivity contribution < 1.29 is 9.53 Å². The number of hydrogen-bond donors (Lipinski definition) is 0.